The van der Waals surface area contributed by atoms with Gasteiger partial charge in [-0.3, -0.25) is 19.2 Å². The van der Waals surface area contributed by atoms with Gasteiger partial charge in [0.1, 0.15) is 0 Å². The highest BCUT2D eigenvalue weighted by atomic mass is 28.5. The summed E-state index contributed by atoms with van der Waals surface area (Å²) in [6.45, 7) is 12.8. The van der Waals surface area contributed by atoms with E-state index in [2.05, 4.69) is 48.8 Å². The van der Waals surface area contributed by atoms with Gasteiger partial charge in [0, 0.05) is 0 Å². The molecule has 0 N–H and O–H groups in total. The van der Waals surface area contributed by atoms with Gasteiger partial charge in [-0.25, -0.2) is 0 Å². The number of cyclic esters (lactones) is 4. The summed E-state index contributed by atoms with van der Waals surface area (Å²) in [7, 11) is -6.35. The smallest absolute Gasteiger partial charge is 0.317 e. The van der Waals surface area contributed by atoms with Crippen molar-refractivity contribution in [1.82, 2.24) is 0 Å². The molecule has 2 aliphatic rings. The van der Waals surface area contributed by atoms with Gasteiger partial charge in [0.05, 0.1) is 24.7 Å². The highest BCUT2D eigenvalue weighted by molar-refractivity contribution is 6.87. The van der Waals surface area contributed by atoms with Crippen LogP contribution < -0.4 is 0 Å². The number of carbonyl (C=O) groups excluding carboxylic acids is 4. The van der Waals surface area contributed by atoms with Crippen molar-refractivity contribution in [3.05, 3.63) is 0 Å². The Morgan fingerprint density at radius 2 is 1.00 bits per heavy atom. The maximum Gasteiger partial charge on any atom is 0.317 e. The Morgan fingerprint density at radius 1 is 0.676 bits per heavy atom. The lowest BCUT2D eigenvalue weighted by Gasteiger charge is -2.39. The molecule has 0 bridgehead atoms. The van der Waals surface area contributed by atoms with Crippen molar-refractivity contribution in [2.45, 2.75) is 112 Å². The second kappa shape index (κ2) is 13.8. The lowest BCUT2D eigenvalue weighted by molar-refractivity contribution is -0.155. The quantitative estimate of drug-likeness (QED) is 0.176. The summed E-state index contributed by atoms with van der Waals surface area (Å²) < 4.78 is 22.4. The summed E-state index contributed by atoms with van der Waals surface area (Å²) in [4.78, 5) is 45.7. The van der Waals surface area contributed by atoms with Gasteiger partial charge in [0.2, 0.25) is 0 Å². The summed E-state index contributed by atoms with van der Waals surface area (Å²) in [6.07, 6.45) is 3.34. The lowest BCUT2D eigenvalue weighted by atomic mass is 10.0. The number of hydrogen-bond donors (Lipinski definition) is 0. The monoisotopic (exact) mass is 536 g/mol. The third-order valence-corrected chi connectivity index (χ3v) is 17.1. The largest absolute Gasteiger partial charge is 0.437 e. The van der Waals surface area contributed by atoms with E-state index in [0.717, 1.165) is 24.9 Å². The molecule has 8 nitrogen and oxygen atoms in total. The molecule has 2 aliphatic heterocycles. The number of hydrogen-bond acceptors (Lipinski definition) is 8. The van der Waals surface area contributed by atoms with Gasteiger partial charge in [-0.2, -0.15) is 0 Å². The van der Waals surface area contributed by atoms with E-state index in [0.29, 0.717) is 12.8 Å². The molecule has 2 unspecified atom stereocenters. The highest BCUT2D eigenvalue weighted by Gasteiger charge is 2.40. The first kappa shape index (κ1) is 35.0. The molecule has 0 saturated carbocycles. The van der Waals surface area contributed by atoms with Crippen LogP contribution in [0.4, 0.5) is 0 Å². The van der Waals surface area contributed by atoms with Crippen LogP contribution in [0.3, 0.4) is 0 Å². The second-order valence-electron chi connectivity index (χ2n) is 10.3. The van der Waals surface area contributed by atoms with Crippen LogP contribution in [-0.4, -0.2) is 49.1 Å². The summed E-state index contributed by atoms with van der Waals surface area (Å²) in [5.74, 6) is -2.25. The van der Waals surface area contributed by atoms with Crippen LogP contribution >= 0.6 is 0 Å². The molecule has 0 aromatic rings. The van der Waals surface area contributed by atoms with E-state index in [4.69, 9.17) is 8.23 Å². The summed E-state index contributed by atoms with van der Waals surface area (Å²) in [5.41, 5.74) is 0. The Kier molecular flexibility index (Phi) is 14.2. The minimum Gasteiger partial charge on any atom is -0.437 e. The first-order valence-electron chi connectivity index (χ1n) is 11.1. The van der Waals surface area contributed by atoms with E-state index in [1.54, 1.807) is 0 Å². The van der Waals surface area contributed by atoms with Crippen LogP contribution in [0.25, 0.3) is 0 Å². The number of ether oxygens (including phenoxy) is 2. The number of rotatable bonds is 12. The minimum atomic E-state index is -2.35. The van der Waals surface area contributed by atoms with Crippen molar-refractivity contribution in [3.8, 4) is 0 Å². The fourth-order valence-corrected chi connectivity index (χ4v) is 18.6. The molecule has 34 heavy (non-hydrogen) atoms. The molecule has 2 rings (SSSR count). The Labute approximate surface area is 210 Å². The Bertz CT molecular complexity index is 663. The van der Waals surface area contributed by atoms with E-state index in [1.807, 2.05) is 0 Å². The predicted octanol–water partition coefficient (Wildman–Crippen LogP) is 5.78. The molecule has 0 radical (unpaired) electrons. The average Bonchev–Trinajstić information content (AvgIpc) is 3.05. The standard InChI is InChI=1S/C20H36O8Si3.3CH4/c1-29(2,11-7-9-15-13-17(21)25-19(15)23)27-31(5,6)28-30(3,4)12-8-10-16-14-18(22)26-20(16)24;;;/h15-16H,7-14H2,1-6H3;3*1H4. The fourth-order valence-electron chi connectivity index (χ4n) is 4.49. The molecule has 0 amide bonds. The molecule has 0 aromatic heterocycles. The molecule has 200 valence electrons. The zero-order chi connectivity index (χ0) is 23.4. The van der Waals surface area contributed by atoms with E-state index in [9.17, 15) is 19.2 Å². The van der Waals surface area contributed by atoms with Gasteiger partial charge in [-0.15, -0.1) is 0 Å². The maximum atomic E-state index is 11.6. The maximum absolute atomic E-state index is 11.6. The van der Waals surface area contributed by atoms with Gasteiger partial charge in [0.15, 0.2) is 16.6 Å². The average molecular weight is 537 g/mol. The van der Waals surface area contributed by atoms with E-state index in [-0.39, 0.29) is 47.0 Å². The Morgan fingerprint density at radius 3 is 1.26 bits per heavy atom. The van der Waals surface area contributed by atoms with Gasteiger partial charge >= 0.3 is 32.4 Å². The third kappa shape index (κ3) is 11.5. The van der Waals surface area contributed by atoms with Gasteiger partial charge in [0.25, 0.3) is 0 Å². The van der Waals surface area contributed by atoms with E-state index >= 15 is 0 Å². The van der Waals surface area contributed by atoms with Crippen LogP contribution in [0.1, 0.15) is 60.8 Å². The number of carbonyl (C=O) groups is 4. The highest BCUT2D eigenvalue weighted by Crippen LogP contribution is 2.30. The first-order chi connectivity index (χ1) is 14.2. The fraction of sp³-hybridized carbons (Fsp3) is 0.826. The van der Waals surface area contributed by atoms with Gasteiger partial charge < -0.3 is 17.7 Å². The van der Waals surface area contributed by atoms with Crippen LogP contribution in [0.15, 0.2) is 0 Å². The molecule has 0 spiro atoms. The minimum absolute atomic E-state index is 0. The normalized spacial score (nSPS) is 20.8. The molecule has 0 aromatic carbocycles. The van der Waals surface area contributed by atoms with Crippen LogP contribution in [0.2, 0.25) is 51.4 Å². The molecule has 11 heteroatoms. The zero-order valence-electron chi connectivity index (χ0n) is 19.6. The SMILES string of the molecule is C.C.C.C[Si](C)(CCCC1CC(=O)OC1=O)O[Si](C)(C)O[Si](C)(C)CCCC1CC(=O)OC1=O. The summed E-state index contributed by atoms with van der Waals surface area (Å²) >= 11 is 0. The van der Waals surface area contributed by atoms with Crippen LogP contribution in [0.5, 0.6) is 0 Å². The zero-order valence-corrected chi connectivity index (χ0v) is 22.6. The third-order valence-electron chi connectivity index (χ3n) is 5.63. The molecule has 2 saturated heterocycles. The topological polar surface area (TPSA) is 105 Å². The van der Waals surface area contributed by atoms with Crippen molar-refractivity contribution >= 4 is 49.1 Å². The first-order valence-corrected chi connectivity index (χ1v) is 20.1. The van der Waals surface area contributed by atoms with Crippen molar-refractivity contribution in [3.63, 3.8) is 0 Å². The van der Waals surface area contributed by atoms with Crippen LogP contribution in [0, 0.1) is 11.8 Å². The molecule has 2 atom stereocenters. The summed E-state index contributed by atoms with van der Waals surface area (Å²) in [5, 5.41) is 0. The molecule has 0 aliphatic carbocycles. The van der Waals surface area contributed by atoms with E-state index < -0.39 is 49.1 Å². The van der Waals surface area contributed by atoms with Gasteiger partial charge in [-0.1, -0.05) is 35.1 Å². The van der Waals surface area contributed by atoms with Crippen molar-refractivity contribution in [1.29, 1.82) is 0 Å². The van der Waals surface area contributed by atoms with Crippen molar-refractivity contribution in [2.24, 2.45) is 11.8 Å². The summed E-state index contributed by atoms with van der Waals surface area (Å²) in [6, 6.07) is 1.79. The Balaban J connectivity index is 0. The second-order valence-corrected chi connectivity index (χ2v) is 22.8. The molecular formula is C23H48O8Si3. The molecular weight excluding hydrogens is 489 g/mol. The van der Waals surface area contributed by atoms with E-state index in [1.165, 1.54) is 0 Å². The predicted molar refractivity (Wildman–Crippen MR) is 141 cm³/mol. The number of esters is 4. The van der Waals surface area contributed by atoms with Gasteiger partial charge in [-0.05, 0) is 64.2 Å². The lowest BCUT2D eigenvalue weighted by Crippen LogP contribution is -2.52. The molecule has 2 heterocycles. The molecule has 2 fully saturated rings. The Hall–Kier alpha value is -1.15. The van der Waals surface area contributed by atoms with Crippen molar-refractivity contribution < 1.29 is 36.9 Å². The van der Waals surface area contributed by atoms with Crippen molar-refractivity contribution in [2.75, 3.05) is 0 Å². The van der Waals surface area contributed by atoms with Crippen LogP contribution in [-0.2, 0) is 36.9 Å².